The van der Waals surface area contributed by atoms with Gasteiger partial charge in [0.25, 0.3) is 0 Å². The van der Waals surface area contributed by atoms with Crippen molar-refractivity contribution in [1.29, 1.82) is 0 Å². The highest BCUT2D eigenvalue weighted by atomic mass is 16.5. The molecule has 0 spiro atoms. The van der Waals surface area contributed by atoms with Gasteiger partial charge < -0.3 is 14.5 Å². The van der Waals surface area contributed by atoms with Gasteiger partial charge in [0.15, 0.2) is 5.78 Å². The topological polar surface area (TPSA) is 66.9 Å². The number of methoxy groups -OCH3 is 1. The molecule has 6 nitrogen and oxygen atoms in total. The molecule has 6 heteroatoms. The Kier molecular flexibility index (Phi) is 7.13. The summed E-state index contributed by atoms with van der Waals surface area (Å²) < 4.78 is 4.92. The van der Waals surface area contributed by atoms with Crippen LogP contribution < -0.4 is 0 Å². The monoisotopic (exact) mass is 346 g/mol. The number of aryl methyl sites for hydroxylation is 1. The highest BCUT2D eigenvalue weighted by Crippen LogP contribution is 2.11. The molecule has 0 unspecified atom stereocenters. The molecule has 0 radical (unpaired) electrons. The van der Waals surface area contributed by atoms with Gasteiger partial charge >= 0.3 is 0 Å². The lowest BCUT2D eigenvalue weighted by Crippen LogP contribution is -2.50. The van der Waals surface area contributed by atoms with Crippen molar-refractivity contribution in [3.8, 4) is 0 Å². The summed E-state index contributed by atoms with van der Waals surface area (Å²) in [5.41, 5.74) is 1.75. The van der Waals surface area contributed by atoms with E-state index in [9.17, 15) is 14.4 Å². The van der Waals surface area contributed by atoms with Crippen molar-refractivity contribution in [2.75, 3.05) is 39.9 Å². The van der Waals surface area contributed by atoms with E-state index >= 15 is 0 Å². The van der Waals surface area contributed by atoms with Crippen LogP contribution in [0.3, 0.4) is 0 Å². The molecule has 1 aliphatic rings. The summed E-state index contributed by atoms with van der Waals surface area (Å²) >= 11 is 0. The SMILES string of the molecule is COCCC(=O)N1CCN(C(=O)CCC(=O)c2ccc(C)cc2)CC1. The summed E-state index contributed by atoms with van der Waals surface area (Å²) in [4.78, 5) is 39.9. The summed E-state index contributed by atoms with van der Waals surface area (Å²) in [6, 6.07) is 7.39. The van der Waals surface area contributed by atoms with E-state index in [0.29, 0.717) is 44.8 Å². The molecule has 1 fully saturated rings. The van der Waals surface area contributed by atoms with Crippen LogP contribution in [0.25, 0.3) is 0 Å². The molecule has 1 aliphatic heterocycles. The molecule has 2 amide bonds. The van der Waals surface area contributed by atoms with Gasteiger partial charge in [-0.2, -0.15) is 0 Å². The van der Waals surface area contributed by atoms with Gasteiger partial charge in [0.05, 0.1) is 13.0 Å². The number of carbonyl (C=O) groups excluding carboxylic acids is 3. The van der Waals surface area contributed by atoms with Crippen LogP contribution in [0.5, 0.6) is 0 Å². The van der Waals surface area contributed by atoms with Crippen LogP contribution >= 0.6 is 0 Å². The fourth-order valence-electron chi connectivity index (χ4n) is 2.82. The number of rotatable bonds is 7. The molecule has 2 rings (SSSR count). The molecule has 1 saturated heterocycles. The first-order valence-electron chi connectivity index (χ1n) is 8.65. The maximum atomic E-state index is 12.3. The van der Waals surface area contributed by atoms with Crippen molar-refractivity contribution in [3.05, 3.63) is 35.4 Å². The van der Waals surface area contributed by atoms with Crippen molar-refractivity contribution in [2.24, 2.45) is 0 Å². The predicted molar refractivity (Wildman–Crippen MR) is 94.4 cm³/mol. The molecule has 0 bridgehead atoms. The number of hydrogen-bond acceptors (Lipinski definition) is 4. The molecule has 136 valence electrons. The smallest absolute Gasteiger partial charge is 0.225 e. The number of nitrogens with zero attached hydrogens (tertiary/aromatic N) is 2. The van der Waals surface area contributed by atoms with Gasteiger partial charge in [-0.3, -0.25) is 14.4 Å². The van der Waals surface area contributed by atoms with Gasteiger partial charge in [-0.25, -0.2) is 0 Å². The van der Waals surface area contributed by atoms with Gasteiger partial charge in [-0.05, 0) is 6.92 Å². The number of ether oxygens (including phenoxy) is 1. The third-order valence-electron chi connectivity index (χ3n) is 4.44. The van der Waals surface area contributed by atoms with Crippen LogP contribution in [0, 0.1) is 6.92 Å². The predicted octanol–water partition coefficient (Wildman–Crippen LogP) is 1.67. The molecule has 25 heavy (non-hydrogen) atoms. The summed E-state index contributed by atoms with van der Waals surface area (Å²) in [7, 11) is 1.57. The molecule has 0 aromatic heterocycles. The minimum Gasteiger partial charge on any atom is -0.384 e. The number of hydrogen-bond donors (Lipinski definition) is 0. The second-order valence-electron chi connectivity index (χ2n) is 6.29. The molecule has 1 aromatic rings. The maximum Gasteiger partial charge on any atom is 0.225 e. The number of ketones is 1. The zero-order valence-corrected chi connectivity index (χ0v) is 15.0. The minimum atomic E-state index is -0.0237. The normalized spacial score (nSPS) is 14.5. The van der Waals surface area contributed by atoms with Crippen molar-refractivity contribution in [3.63, 3.8) is 0 Å². The Morgan fingerprint density at radius 1 is 0.880 bits per heavy atom. The van der Waals surface area contributed by atoms with Crippen LogP contribution in [0.15, 0.2) is 24.3 Å². The molecular weight excluding hydrogens is 320 g/mol. The highest BCUT2D eigenvalue weighted by Gasteiger charge is 2.24. The van der Waals surface area contributed by atoms with E-state index in [-0.39, 0.29) is 30.4 Å². The average molecular weight is 346 g/mol. The first-order chi connectivity index (χ1) is 12.0. The van der Waals surface area contributed by atoms with E-state index in [0.717, 1.165) is 5.56 Å². The second kappa shape index (κ2) is 9.32. The summed E-state index contributed by atoms with van der Waals surface area (Å²) in [5.74, 6) is 0.0229. The Morgan fingerprint density at radius 3 is 1.92 bits per heavy atom. The fourth-order valence-corrected chi connectivity index (χ4v) is 2.82. The zero-order chi connectivity index (χ0) is 18.2. The molecule has 0 aliphatic carbocycles. The number of Topliss-reactive ketones (excluding diaryl/α,β-unsaturated/α-hetero) is 1. The Hall–Kier alpha value is -2.21. The van der Waals surface area contributed by atoms with Gasteiger partial charge in [-0.1, -0.05) is 29.8 Å². The van der Waals surface area contributed by atoms with E-state index in [1.807, 2.05) is 19.1 Å². The van der Waals surface area contributed by atoms with Crippen LogP contribution in [0.4, 0.5) is 0 Å². The molecule has 0 saturated carbocycles. The van der Waals surface area contributed by atoms with E-state index in [4.69, 9.17) is 4.74 Å². The zero-order valence-electron chi connectivity index (χ0n) is 15.0. The number of carbonyl (C=O) groups is 3. The van der Waals surface area contributed by atoms with E-state index in [1.165, 1.54) is 0 Å². The Morgan fingerprint density at radius 2 is 1.40 bits per heavy atom. The minimum absolute atomic E-state index is 0.0123. The second-order valence-corrected chi connectivity index (χ2v) is 6.29. The number of amides is 2. The highest BCUT2D eigenvalue weighted by molar-refractivity contribution is 5.98. The third-order valence-corrected chi connectivity index (χ3v) is 4.44. The quantitative estimate of drug-likeness (QED) is 0.704. The van der Waals surface area contributed by atoms with Crippen LogP contribution in [0.2, 0.25) is 0 Å². The fraction of sp³-hybridized carbons (Fsp3) is 0.526. The molecular formula is C19H26N2O4. The van der Waals surface area contributed by atoms with E-state index < -0.39 is 0 Å². The van der Waals surface area contributed by atoms with Crippen LogP contribution in [-0.4, -0.2) is 67.3 Å². The van der Waals surface area contributed by atoms with Gasteiger partial charge in [-0.15, -0.1) is 0 Å². The van der Waals surface area contributed by atoms with E-state index in [1.54, 1.807) is 29.0 Å². The largest absolute Gasteiger partial charge is 0.384 e. The third kappa shape index (κ3) is 5.67. The van der Waals surface area contributed by atoms with Gasteiger partial charge in [0, 0.05) is 51.7 Å². The summed E-state index contributed by atoms with van der Waals surface area (Å²) in [6.07, 6.45) is 0.800. The number of piperazine rings is 1. The lowest BCUT2D eigenvalue weighted by Gasteiger charge is -2.34. The Labute approximate surface area is 148 Å². The van der Waals surface area contributed by atoms with Crippen LogP contribution in [-0.2, 0) is 14.3 Å². The maximum absolute atomic E-state index is 12.3. The Balaban J connectivity index is 1.74. The standard InChI is InChI=1S/C19H26N2O4/c1-15-3-5-16(6-4-15)17(22)7-8-18(23)20-10-12-21(13-11-20)19(24)9-14-25-2/h3-6H,7-14H2,1-2H3. The molecule has 1 heterocycles. The van der Waals surface area contributed by atoms with Crippen molar-refractivity contribution < 1.29 is 19.1 Å². The lowest BCUT2D eigenvalue weighted by molar-refractivity contribution is -0.140. The summed E-state index contributed by atoms with van der Waals surface area (Å²) in [5, 5.41) is 0. The lowest BCUT2D eigenvalue weighted by atomic mass is 10.0. The van der Waals surface area contributed by atoms with Gasteiger partial charge in [0.2, 0.25) is 11.8 Å². The summed E-state index contributed by atoms with van der Waals surface area (Å²) in [6.45, 7) is 4.52. The number of benzene rings is 1. The molecule has 0 atom stereocenters. The first-order valence-corrected chi connectivity index (χ1v) is 8.65. The van der Waals surface area contributed by atoms with Crippen molar-refractivity contribution in [2.45, 2.75) is 26.2 Å². The Bertz CT molecular complexity index is 604. The van der Waals surface area contributed by atoms with Crippen molar-refractivity contribution in [1.82, 2.24) is 9.80 Å². The molecule has 1 aromatic carbocycles. The average Bonchev–Trinajstić information content (AvgIpc) is 2.64. The first kappa shape index (κ1) is 19.1. The van der Waals surface area contributed by atoms with E-state index in [2.05, 4.69) is 0 Å². The van der Waals surface area contributed by atoms with Crippen molar-refractivity contribution >= 4 is 17.6 Å². The van der Waals surface area contributed by atoms with Gasteiger partial charge in [0.1, 0.15) is 0 Å². The molecule has 0 N–H and O–H groups in total. The van der Waals surface area contributed by atoms with Crippen LogP contribution in [0.1, 0.15) is 35.2 Å².